The molecule has 1 amide bonds. The molecule has 1 saturated heterocycles. The molecule has 2 aromatic heterocycles. The van der Waals surface area contributed by atoms with Crippen LogP contribution in [-0.2, 0) is 0 Å². The smallest absolute Gasteiger partial charge is 0.272 e. The van der Waals surface area contributed by atoms with Crippen molar-refractivity contribution >= 4 is 11.7 Å². The van der Waals surface area contributed by atoms with Gasteiger partial charge in [-0.25, -0.2) is 9.50 Å². The summed E-state index contributed by atoms with van der Waals surface area (Å²) in [4.78, 5) is 23.8. The van der Waals surface area contributed by atoms with Crippen molar-refractivity contribution in [1.29, 1.82) is 0 Å². The molecule has 0 N–H and O–H groups in total. The number of likely N-dealkylation sites (tertiary alicyclic amines) is 1. The van der Waals surface area contributed by atoms with Gasteiger partial charge in [0.1, 0.15) is 12.0 Å². The zero-order valence-corrected chi connectivity index (χ0v) is 16.1. The molecular weight excluding hydrogens is 338 g/mol. The van der Waals surface area contributed by atoms with Gasteiger partial charge in [0, 0.05) is 19.0 Å². The highest BCUT2D eigenvalue weighted by Crippen LogP contribution is 2.28. The lowest BCUT2D eigenvalue weighted by Gasteiger charge is -2.33. The second-order valence-corrected chi connectivity index (χ2v) is 7.70. The van der Waals surface area contributed by atoms with Crippen LogP contribution in [0.25, 0.3) is 5.78 Å². The Morgan fingerprint density at radius 1 is 1.26 bits per heavy atom. The molecule has 0 aliphatic carbocycles. The Bertz CT molecular complexity index is 978. The van der Waals surface area contributed by atoms with Gasteiger partial charge in [-0.15, -0.1) is 0 Å². The molecule has 6 heteroatoms. The zero-order chi connectivity index (χ0) is 19.0. The summed E-state index contributed by atoms with van der Waals surface area (Å²) in [6.07, 6.45) is 3.60. The Labute approximate surface area is 159 Å². The Morgan fingerprint density at radius 3 is 2.89 bits per heavy atom. The number of carbonyl (C=O) groups excluding carboxylic acids is 1. The summed E-state index contributed by atoms with van der Waals surface area (Å²) >= 11 is 0. The quantitative estimate of drug-likeness (QED) is 0.713. The molecule has 1 aromatic carbocycles. The molecule has 0 radical (unpaired) electrons. The maximum Gasteiger partial charge on any atom is 0.272 e. The first-order chi connectivity index (χ1) is 13.0. The van der Waals surface area contributed by atoms with Crippen LogP contribution in [0, 0.1) is 6.92 Å². The third-order valence-corrected chi connectivity index (χ3v) is 5.31. The van der Waals surface area contributed by atoms with Gasteiger partial charge in [0.05, 0.1) is 5.69 Å². The minimum Gasteiger partial charge on any atom is -0.337 e. The monoisotopic (exact) mass is 363 g/mol. The summed E-state index contributed by atoms with van der Waals surface area (Å²) in [6, 6.07) is 10.5. The predicted octanol–water partition coefficient (Wildman–Crippen LogP) is 3.58. The van der Waals surface area contributed by atoms with E-state index in [1.165, 1.54) is 17.5 Å². The van der Waals surface area contributed by atoms with Crippen LogP contribution in [0.4, 0.5) is 0 Å². The van der Waals surface area contributed by atoms with Gasteiger partial charge in [0.15, 0.2) is 0 Å². The first kappa shape index (κ1) is 17.6. The summed E-state index contributed by atoms with van der Waals surface area (Å²) < 4.78 is 1.72. The number of carbonyl (C=O) groups is 1. The van der Waals surface area contributed by atoms with Gasteiger partial charge in [-0.3, -0.25) is 4.79 Å². The number of piperidine rings is 1. The third kappa shape index (κ3) is 3.44. The van der Waals surface area contributed by atoms with E-state index >= 15 is 0 Å². The topological polar surface area (TPSA) is 63.4 Å². The van der Waals surface area contributed by atoms with Crippen LogP contribution < -0.4 is 0 Å². The van der Waals surface area contributed by atoms with E-state index in [0.717, 1.165) is 31.6 Å². The van der Waals surface area contributed by atoms with E-state index in [0.29, 0.717) is 17.4 Å². The Hall–Kier alpha value is -2.76. The summed E-state index contributed by atoms with van der Waals surface area (Å²) in [5.41, 5.74) is 3.99. The summed E-state index contributed by atoms with van der Waals surface area (Å²) in [7, 11) is 0. The third-order valence-electron chi connectivity index (χ3n) is 5.31. The molecule has 0 bridgehead atoms. The maximum absolute atomic E-state index is 13.2. The van der Waals surface area contributed by atoms with Crippen LogP contribution in [0.15, 0.2) is 36.7 Å². The minimum absolute atomic E-state index is 0.0141. The molecular formula is C21H25N5O. The average Bonchev–Trinajstić information content (AvgIpc) is 3.15. The number of rotatable bonds is 3. The second-order valence-electron chi connectivity index (χ2n) is 7.70. The van der Waals surface area contributed by atoms with Gasteiger partial charge in [-0.1, -0.05) is 43.7 Å². The van der Waals surface area contributed by atoms with E-state index in [4.69, 9.17) is 0 Å². The first-order valence-corrected chi connectivity index (χ1v) is 9.59. The van der Waals surface area contributed by atoms with Crippen molar-refractivity contribution in [2.24, 2.45) is 0 Å². The molecule has 4 rings (SSSR count). The van der Waals surface area contributed by atoms with Gasteiger partial charge in [0.2, 0.25) is 0 Å². The van der Waals surface area contributed by atoms with Crippen LogP contribution >= 0.6 is 0 Å². The fraction of sp³-hybridized carbons (Fsp3) is 0.429. The molecule has 27 heavy (non-hydrogen) atoms. The van der Waals surface area contributed by atoms with Crippen molar-refractivity contribution in [3.63, 3.8) is 0 Å². The molecule has 1 aliphatic rings. The maximum atomic E-state index is 13.2. The van der Waals surface area contributed by atoms with Crippen LogP contribution in [0.3, 0.4) is 0 Å². The number of benzene rings is 1. The Kier molecular flexibility index (Phi) is 4.64. The number of amides is 1. The van der Waals surface area contributed by atoms with Crippen LogP contribution in [-0.4, -0.2) is 43.5 Å². The zero-order valence-electron chi connectivity index (χ0n) is 16.1. The first-order valence-electron chi connectivity index (χ1n) is 9.59. The lowest BCUT2D eigenvalue weighted by atomic mass is 9.89. The summed E-state index contributed by atoms with van der Waals surface area (Å²) in [6.45, 7) is 7.79. The normalized spacial score (nSPS) is 17.6. The molecule has 1 fully saturated rings. The van der Waals surface area contributed by atoms with Gasteiger partial charge in [0.25, 0.3) is 11.7 Å². The van der Waals surface area contributed by atoms with Gasteiger partial charge in [-0.2, -0.15) is 10.1 Å². The van der Waals surface area contributed by atoms with Crippen LogP contribution in [0.2, 0.25) is 0 Å². The lowest BCUT2D eigenvalue weighted by Crippen LogP contribution is -2.39. The number of aromatic nitrogens is 4. The summed E-state index contributed by atoms with van der Waals surface area (Å²) in [5.74, 6) is 1.07. The van der Waals surface area contributed by atoms with Gasteiger partial charge in [-0.05, 0) is 37.3 Å². The molecule has 0 spiro atoms. The fourth-order valence-electron chi connectivity index (χ4n) is 3.88. The Balaban J connectivity index is 1.61. The number of aryl methyl sites for hydroxylation is 1. The molecule has 6 nitrogen and oxygen atoms in total. The van der Waals surface area contributed by atoms with Crippen LogP contribution in [0.1, 0.15) is 65.8 Å². The van der Waals surface area contributed by atoms with E-state index in [1.807, 2.05) is 11.0 Å². The SMILES string of the molecule is Cc1cccc([C@@H]2CCCN(C(=O)c3cc(C(C)C)n4ncnc4n3)C2)c1. The minimum atomic E-state index is -0.0141. The number of nitrogens with zero attached hydrogens (tertiary/aromatic N) is 5. The molecule has 0 saturated carbocycles. The molecule has 1 aliphatic heterocycles. The highest BCUT2D eigenvalue weighted by atomic mass is 16.2. The highest BCUT2D eigenvalue weighted by molar-refractivity contribution is 5.93. The molecule has 3 heterocycles. The van der Waals surface area contributed by atoms with Crippen molar-refractivity contribution in [2.75, 3.05) is 13.1 Å². The standard InChI is InChI=1S/C21H25N5O/c1-14(2)19-11-18(24-21-22-13-23-26(19)21)20(27)25-9-5-8-17(12-25)16-7-4-6-15(3)10-16/h4,6-7,10-11,13-14,17H,5,8-9,12H2,1-3H3/t17-/m1/s1. The molecule has 3 aromatic rings. The van der Waals surface area contributed by atoms with Crippen molar-refractivity contribution in [3.8, 4) is 0 Å². The van der Waals surface area contributed by atoms with E-state index in [9.17, 15) is 4.79 Å². The van der Waals surface area contributed by atoms with Crippen molar-refractivity contribution in [1.82, 2.24) is 24.5 Å². The fourth-order valence-corrected chi connectivity index (χ4v) is 3.88. The van der Waals surface area contributed by atoms with E-state index < -0.39 is 0 Å². The molecule has 1 atom stereocenters. The predicted molar refractivity (Wildman–Crippen MR) is 104 cm³/mol. The van der Waals surface area contributed by atoms with Crippen molar-refractivity contribution < 1.29 is 4.79 Å². The van der Waals surface area contributed by atoms with Crippen molar-refractivity contribution in [3.05, 3.63) is 59.2 Å². The number of hydrogen-bond acceptors (Lipinski definition) is 4. The van der Waals surface area contributed by atoms with Crippen molar-refractivity contribution in [2.45, 2.75) is 45.4 Å². The summed E-state index contributed by atoms with van der Waals surface area (Å²) in [5, 5.41) is 4.23. The number of hydrogen-bond donors (Lipinski definition) is 0. The molecule has 140 valence electrons. The van der Waals surface area contributed by atoms with Crippen LogP contribution in [0.5, 0.6) is 0 Å². The van der Waals surface area contributed by atoms with E-state index in [-0.39, 0.29) is 11.8 Å². The highest BCUT2D eigenvalue weighted by Gasteiger charge is 2.27. The lowest BCUT2D eigenvalue weighted by molar-refractivity contribution is 0.0701. The molecule has 0 unspecified atom stereocenters. The van der Waals surface area contributed by atoms with E-state index in [1.54, 1.807) is 4.52 Å². The number of fused-ring (bicyclic) bond motifs is 1. The average molecular weight is 363 g/mol. The van der Waals surface area contributed by atoms with Gasteiger partial charge >= 0.3 is 0 Å². The van der Waals surface area contributed by atoms with Gasteiger partial charge < -0.3 is 4.90 Å². The largest absolute Gasteiger partial charge is 0.337 e. The van der Waals surface area contributed by atoms with E-state index in [2.05, 4.69) is 60.1 Å². The second kappa shape index (κ2) is 7.10. The Morgan fingerprint density at radius 2 is 2.11 bits per heavy atom.